The molecule has 8 heteroatoms. The number of hydrogen-bond donors (Lipinski definition) is 2. The third-order valence-electron chi connectivity index (χ3n) is 2.92. The second-order valence-corrected chi connectivity index (χ2v) is 5.87. The summed E-state index contributed by atoms with van der Waals surface area (Å²) in [6.45, 7) is 1.06. The van der Waals surface area contributed by atoms with Gasteiger partial charge in [-0.15, -0.1) is 0 Å². The van der Waals surface area contributed by atoms with Crippen LogP contribution in [0, 0.1) is 3.57 Å². The van der Waals surface area contributed by atoms with Crippen molar-refractivity contribution in [2.45, 2.75) is 6.42 Å². The zero-order chi connectivity index (χ0) is 15.0. The number of nitrogens with zero attached hydrogens (tertiary/aromatic N) is 1. The maximum Gasteiger partial charge on any atom is 0.268 e. The third-order valence-corrected chi connectivity index (χ3v) is 4.17. The third kappa shape index (κ3) is 2.80. The Balaban J connectivity index is 2.14. The molecule has 21 heavy (non-hydrogen) atoms. The predicted octanol–water partition coefficient (Wildman–Crippen LogP) is 2.56. The van der Waals surface area contributed by atoms with Crippen LogP contribution in [0.4, 0.5) is 0 Å². The van der Waals surface area contributed by atoms with Crippen LogP contribution < -0.4 is 15.0 Å². The fourth-order valence-corrected chi connectivity index (χ4v) is 2.47. The number of aromatic nitrogens is 2. The van der Waals surface area contributed by atoms with Gasteiger partial charge in [0.15, 0.2) is 11.5 Å². The Morgan fingerprint density at radius 2 is 2.10 bits per heavy atom. The summed E-state index contributed by atoms with van der Waals surface area (Å²) in [7, 11) is 0. The Morgan fingerprint density at radius 3 is 2.86 bits per heavy atom. The number of aromatic hydroxyl groups is 1. The van der Waals surface area contributed by atoms with E-state index in [4.69, 9.17) is 21.1 Å². The summed E-state index contributed by atoms with van der Waals surface area (Å²) in [6.07, 6.45) is 0.764. The van der Waals surface area contributed by atoms with Gasteiger partial charge in [0.05, 0.1) is 18.2 Å². The van der Waals surface area contributed by atoms with Crippen molar-refractivity contribution in [3.8, 4) is 28.8 Å². The van der Waals surface area contributed by atoms with Crippen LogP contribution in [-0.2, 0) is 0 Å². The highest BCUT2D eigenvalue weighted by Crippen LogP contribution is 2.40. The van der Waals surface area contributed by atoms with Crippen LogP contribution in [0.1, 0.15) is 6.42 Å². The summed E-state index contributed by atoms with van der Waals surface area (Å²) in [5.41, 5.74) is 0.120. The fraction of sp³-hybridized carbons (Fsp3) is 0.231. The molecule has 1 aromatic carbocycles. The van der Waals surface area contributed by atoms with Crippen LogP contribution in [0.25, 0.3) is 11.4 Å². The minimum absolute atomic E-state index is 0.136. The fourth-order valence-electron chi connectivity index (χ4n) is 1.95. The number of aromatic amines is 1. The Morgan fingerprint density at radius 1 is 1.33 bits per heavy atom. The molecular formula is C13H10ClIN2O4. The van der Waals surface area contributed by atoms with Crippen molar-refractivity contribution >= 4 is 34.2 Å². The molecule has 1 aliphatic rings. The summed E-state index contributed by atoms with van der Waals surface area (Å²) < 4.78 is 11.3. The van der Waals surface area contributed by atoms with Gasteiger partial charge >= 0.3 is 0 Å². The Labute approximate surface area is 138 Å². The number of hydrogen-bond acceptors (Lipinski definition) is 5. The number of ether oxygens (including phenoxy) is 2. The summed E-state index contributed by atoms with van der Waals surface area (Å²) in [5.74, 6) is 0.874. The van der Waals surface area contributed by atoms with Gasteiger partial charge in [-0.1, -0.05) is 11.6 Å². The molecule has 2 heterocycles. The van der Waals surface area contributed by atoms with Gasteiger partial charge in [-0.2, -0.15) is 4.98 Å². The Bertz CT molecular complexity index is 763. The minimum atomic E-state index is -0.415. The summed E-state index contributed by atoms with van der Waals surface area (Å²) in [4.78, 5) is 18.3. The topological polar surface area (TPSA) is 84.4 Å². The lowest BCUT2D eigenvalue weighted by atomic mass is 10.2. The lowest BCUT2D eigenvalue weighted by molar-refractivity contribution is 0.297. The molecule has 3 rings (SSSR count). The first kappa shape index (κ1) is 14.5. The van der Waals surface area contributed by atoms with E-state index in [1.54, 1.807) is 34.7 Å². The SMILES string of the molecule is O=c1[nH]c(-c2cc(Cl)c3c(c2)OCCCO3)nc(O)c1I. The first-order chi connectivity index (χ1) is 10.1. The van der Waals surface area contributed by atoms with Gasteiger partial charge in [0, 0.05) is 12.0 Å². The average molecular weight is 421 g/mol. The number of fused-ring (bicyclic) bond motifs is 1. The van der Waals surface area contributed by atoms with Crippen molar-refractivity contribution in [1.29, 1.82) is 0 Å². The minimum Gasteiger partial charge on any atom is -0.492 e. The number of nitrogens with one attached hydrogen (secondary N) is 1. The van der Waals surface area contributed by atoms with E-state index in [1.807, 2.05) is 0 Å². The first-order valence-corrected chi connectivity index (χ1v) is 7.60. The van der Waals surface area contributed by atoms with Crippen LogP contribution in [-0.4, -0.2) is 28.3 Å². The van der Waals surface area contributed by atoms with Crippen molar-refractivity contribution in [3.63, 3.8) is 0 Å². The summed E-state index contributed by atoms with van der Waals surface area (Å²) >= 11 is 7.92. The monoisotopic (exact) mass is 420 g/mol. The highest BCUT2D eigenvalue weighted by Gasteiger charge is 2.18. The maximum atomic E-state index is 11.7. The number of halogens is 2. The van der Waals surface area contributed by atoms with Gasteiger partial charge in [-0.3, -0.25) is 4.79 Å². The van der Waals surface area contributed by atoms with Crippen LogP contribution in [0.2, 0.25) is 5.02 Å². The maximum absolute atomic E-state index is 11.7. The second-order valence-electron chi connectivity index (χ2n) is 4.39. The number of rotatable bonds is 1. The van der Waals surface area contributed by atoms with Gasteiger partial charge in [-0.25, -0.2) is 0 Å². The molecule has 0 saturated heterocycles. The molecular weight excluding hydrogens is 411 g/mol. The quantitative estimate of drug-likeness (QED) is 0.693. The van der Waals surface area contributed by atoms with Gasteiger partial charge in [0.25, 0.3) is 5.56 Å². The molecule has 0 fully saturated rings. The smallest absolute Gasteiger partial charge is 0.268 e. The summed E-state index contributed by atoms with van der Waals surface area (Å²) in [5, 5.41) is 10.0. The highest BCUT2D eigenvalue weighted by atomic mass is 127. The zero-order valence-corrected chi connectivity index (χ0v) is 13.6. The van der Waals surface area contributed by atoms with Crippen molar-refractivity contribution in [1.82, 2.24) is 9.97 Å². The Hall–Kier alpha value is -1.48. The largest absolute Gasteiger partial charge is 0.492 e. The molecule has 0 aliphatic carbocycles. The number of H-pyrrole nitrogens is 1. The molecule has 0 radical (unpaired) electrons. The van der Waals surface area contributed by atoms with E-state index in [0.717, 1.165) is 6.42 Å². The molecule has 6 nitrogen and oxygen atoms in total. The van der Waals surface area contributed by atoms with E-state index in [1.165, 1.54) is 0 Å². The molecule has 0 saturated carbocycles. The first-order valence-electron chi connectivity index (χ1n) is 6.14. The van der Waals surface area contributed by atoms with Crippen LogP contribution >= 0.6 is 34.2 Å². The highest BCUT2D eigenvalue weighted by molar-refractivity contribution is 14.1. The molecule has 1 aromatic heterocycles. The molecule has 110 valence electrons. The number of benzene rings is 1. The average Bonchev–Trinajstić information content (AvgIpc) is 2.69. The van der Waals surface area contributed by atoms with E-state index < -0.39 is 5.56 Å². The second kappa shape index (κ2) is 5.72. The standard InChI is InChI=1S/C13H10ClIN2O4/c14-7-4-6(5-8-10(7)21-3-1-2-20-8)11-16-12(18)9(15)13(19)17-11/h4-5H,1-3H2,(H2,16,17,18,19). The molecule has 2 N–H and O–H groups in total. The van der Waals surface area contributed by atoms with E-state index >= 15 is 0 Å². The molecule has 1 aliphatic heterocycles. The molecule has 0 spiro atoms. The van der Waals surface area contributed by atoms with Crippen molar-refractivity contribution in [2.75, 3.05) is 13.2 Å². The van der Waals surface area contributed by atoms with Gasteiger partial charge in [0.1, 0.15) is 9.39 Å². The molecule has 2 aromatic rings. The molecule has 0 unspecified atom stereocenters. The normalized spacial score (nSPS) is 13.8. The summed E-state index contributed by atoms with van der Waals surface area (Å²) in [6, 6.07) is 3.29. The molecule has 0 amide bonds. The van der Waals surface area contributed by atoms with Crippen molar-refractivity contribution in [2.24, 2.45) is 0 Å². The van der Waals surface area contributed by atoms with Gasteiger partial charge in [0.2, 0.25) is 5.88 Å². The van der Waals surface area contributed by atoms with Crippen LogP contribution in [0.5, 0.6) is 17.4 Å². The van der Waals surface area contributed by atoms with Crippen molar-refractivity contribution in [3.05, 3.63) is 31.1 Å². The van der Waals surface area contributed by atoms with E-state index in [0.29, 0.717) is 35.3 Å². The van der Waals surface area contributed by atoms with E-state index in [-0.39, 0.29) is 15.3 Å². The lowest BCUT2D eigenvalue weighted by Crippen LogP contribution is -2.12. The molecule has 0 atom stereocenters. The van der Waals surface area contributed by atoms with E-state index in [2.05, 4.69) is 9.97 Å². The Kier molecular flexibility index (Phi) is 3.94. The van der Waals surface area contributed by atoms with Gasteiger partial charge < -0.3 is 19.6 Å². The lowest BCUT2D eigenvalue weighted by Gasteiger charge is -2.11. The zero-order valence-electron chi connectivity index (χ0n) is 10.7. The van der Waals surface area contributed by atoms with Gasteiger partial charge in [-0.05, 0) is 34.7 Å². The predicted molar refractivity (Wildman–Crippen MR) is 85.3 cm³/mol. The van der Waals surface area contributed by atoms with E-state index in [9.17, 15) is 9.90 Å². The van der Waals surface area contributed by atoms with Crippen molar-refractivity contribution < 1.29 is 14.6 Å². The van der Waals surface area contributed by atoms with Crippen LogP contribution in [0.3, 0.4) is 0 Å². The van der Waals surface area contributed by atoms with Crippen LogP contribution in [0.15, 0.2) is 16.9 Å². The molecule has 0 bridgehead atoms.